The van der Waals surface area contributed by atoms with Crippen LogP contribution in [-0.2, 0) is 0 Å². The molecule has 0 aliphatic heterocycles. The van der Waals surface area contributed by atoms with Crippen molar-refractivity contribution < 1.29 is 0 Å². The van der Waals surface area contributed by atoms with Gasteiger partial charge in [-0.1, -0.05) is 23.7 Å². The molecular formula is C13H7BrClN3. The van der Waals surface area contributed by atoms with E-state index in [1.165, 1.54) is 0 Å². The van der Waals surface area contributed by atoms with E-state index in [2.05, 4.69) is 30.9 Å². The Balaban J connectivity index is 2.13. The Labute approximate surface area is 117 Å². The molecule has 0 spiro atoms. The highest BCUT2D eigenvalue weighted by atomic mass is 79.9. The summed E-state index contributed by atoms with van der Waals surface area (Å²) in [4.78, 5) is 13.1. The van der Waals surface area contributed by atoms with Crippen molar-refractivity contribution in [3.63, 3.8) is 0 Å². The molecule has 1 aromatic carbocycles. The fourth-order valence-electron chi connectivity index (χ4n) is 1.64. The van der Waals surface area contributed by atoms with Crippen LogP contribution in [0.4, 0.5) is 0 Å². The van der Waals surface area contributed by atoms with Gasteiger partial charge in [-0.3, -0.25) is 4.98 Å². The van der Waals surface area contributed by atoms with Gasteiger partial charge in [0.15, 0.2) is 5.65 Å². The highest BCUT2D eigenvalue weighted by Crippen LogP contribution is 2.21. The molecule has 3 aromatic rings. The van der Waals surface area contributed by atoms with Gasteiger partial charge >= 0.3 is 0 Å². The first-order chi connectivity index (χ1) is 8.72. The largest absolute Gasteiger partial charge is 0.251 e. The number of nitrogens with zero attached hydrogens (tertiary/aromatic N) is 3. The van der Waals surface area contributed by atoms with Crippen molar-refractivity contribution in [2.75, 3.05) is 0 Å². The van der Waals surface area contributed by atoms with Gasteiger partial charge in [0.25, 0.3) is 0 Å². The number of hydrogen-bond donors (Lipinski definition) is 0. The smallest absolute Gasteiger partial charge is 0.178 e. The Morgan fingerprint density at radius 2 is 1.78 bits per heavy atom. The van der Waals surface area contributed by atoms with E-state index < -0.39 is 0 Å². The Morgan fingerprint density at radius 3 is 2.56 bits per heavy atom. The Hall–Kier alpha value is -1.52. The molecule has 0 amide bonds. The van der Waals surface area contributed by atoms with Crippen LogP contribution in [0.1, 0.15) is 0 Å². The van der Waals surface area contributed by atoms with Gasteiger partial charge in [-0.05, 0) is 34.1 Å². The van der Waals surface area contributed by atoms with Crippen molar-refractivity contribution in [2.45, 2.75) is 0 Å². The predicted molar refractivity (Wildman–Crippen MR) is 75.5 cm³/mol. The van der Waals surface area contributed by atoms with Gasteiger partial charge < -0.3 is 0 Å². The second-order valence-corrected chi connectivity index (χ2v) is 5.11. The molecule has 2 aromatic heterocycles. The molecule has 0 atom stereocenters. The van der Waals surface area contributed by atoms with Crippen LogP contribution in [0.5, 0.6) is 0 Å². The molecule has 0 fully saturated rings. The number of halogens is 2. The Kier molecular flexibility index (Phi) is 2.97. The summed E-state index contributed by atoms with van der Waals surface area (Å²) in [6.07, 6.45) is 3.45. The summed E-state index contributed by atoms with van der Waals surface area (Å²) in [7, 11) is 0. The molecule has 0 unspecified atom stereocenters. The van der Waals surface area contributed by atoms with Crippen LogP contribution in [0.15, 0.2) is 47.2 Å². The van der Waals surface area contributed by atoms with E-state index in [1.807, 2.05) is 30.3 Å². The van der Waals surface area contributed by atoms with Gasteiger partial charge in [-0.2, -0.15) is 0 Å². The van der Waals surface area contributed by atoms with Crippen molar-refractivity contribution in [2.24, 2.45) is 0 Å². The number of rotatable bonds is 1. The molecule has 2 heterocycles. The van der Waals surface area contributed by atoms with Crippen molar-refractivity contribution in [3.8, 4) is 11.3 Å². The topological polar surface area (TPSA) is 38.7 Å². The summed E-state index contributed by atoms with van der Waals surface area (Å²) in [6, 6.07) is 9.38. The maximum atomic E-state index is 5.86. The van der Waals surface area contributed by atoms with Crippen LogP contribution in [0.3, 0.4) is 0 Å². The maximum absolute atomic E-state index is 5.86. The van der Waals surface area contributed by atoms with Gasteiger partial charge in [0.05, 0.1) is 11.9 Å². The van der Waals surface area contributed by atoms with Crippen molar-refractivity contribution in [1.82, 2.24) is 15.0 Å². The Morgan fingerprint density at radius 1 is 1.00 bits per heavy atom. The first kappa shape index (κ1) is 11.6. The first-order valence-electron chi connectivity index (χ1n) is 5.26. The third kappa shape index (κ3) is 2.21. The molecule has 0 N–H and O–H groups in total. The van der Waals surface area contributed by atoms with Crippen LogP contribution in [0, 0.1) is 0 Å². The van der Waals surface area contributed by atoms with Crippen LogP contribution in [-0.4, -0.2) is 15.0 Å². The molecule has 0 aliphatic carbocycles. The normalized spacial score (nSPS) is 10.8. The monoisotopic (exact) mass is 319 g/mol. The molecule has 3 rings (SSSR count). The summed E-state index contributed by atoms with van der Waals surface area (Å²) in [5.74, 6) is 0. The lowest BCUT2D eigenvalue weighted by Crippen LogP contribution is -1.90. The molecule has 0 radical (unpaired) electrons. The zero-order valence-electron chi connectivity index (χ0n) is 9.14. The maximum Gasteiger partial charge on any atom is 0.178 e. The van der Waals surface area contributed by atoms with Gasteiger partial charge in [0.2, 0.25) is 0 Å². The van der Waals surface area contributed by atoms with E-state index in [4.69, 9.17) is 11.6 Å². The van der Waals surface area contributed by atoms with Crippen LogP contribution in [0.25, 0.3) is 22.4 Å². The Bertz CT molecular complexity index is 713. The highest BCUT2D eigenvalue weighted by Gasteiger charge is 2.04. The number of hydrogen-bond acceptors (Lipinski definition) is 3. The lowest BCUT2D eigenvalue weighted by Gasteiger charge is -2.02. The van der Waals surface area contributed by atoms with Crippen molar-refractivity contribution in [3.05, 3.63) is 52.2 Å². The fraction of sp³-hybridized carbons (Fsp3) is 0. The van der Waals surface area contributed by atoms with Crippen molar-refractivity contribution >= 4 is 38.7 Å². The zero-order valence-corrected chi connectivity index (χ0v) is 11.5. The highest BCUT2D eigenvalue weighted by molar-refractivity contribution is 9.10. The molecule has 0 saturated carbocycles. The third-order valence-electron chi connectivity index (χ3n) is 2.51. The average Bonchev–Trinajstić information content (AvgIpc) is 2.39. The molecular weight excluding hydrogens is 314 g/mol. The van der Waals surface area contributed by atoms with E-state index in [0.717, 1.165) is 21.2 Å². The van der Waals surface area contributed by atoms with Crippen molar-refractivity contribution in [1.29, 1.82) is 0 Å². The van der Waals surface area contributed by atoms with Crippen LogP contribution >= 0.6 is 27.5 Å². The lowest BCUT2D eigenvalue weighted by molar-refractivity contribution is 1.22. The van der Waals surface area contributed by atoms with Crippen LogP contribution < -0.4 is 0 Å². The minimum Gasteiger partial charge on any atom is -0.251 e. The van der Waals surface area contributed by atoms with Gasteiger partial charge in [0, 0.05) is 21.3 Å². The van der Waals surface area contributed by atoms with E-state index in [1.54, 1.807) is 12.4 Å². The summed E-state index contributed by atoms with van der Waals surface area (Å²) in [6.45, 7) is 0. The van der Waals surface area contributed by atoms with E-state index in [-0.39, 0.29) is 0 Å². The zero-order chi connectivity index (χ0) is 12.5. The summed E-state index contributed by atoms with van der Waals surface area (Å²) in [5, 5.41) is 0.703. The number of pyridine rings is 1. The first-order valence-corrected chi connectivity index (χ1v) is 6.44. The predicted octanol–water partition coefficient (Wildman–Crippen LogP) is 4.11. The van der Waals surface area contributed by atoms with Gasteiger partial charge in [-0.15, -0.1) is 0 Å². The molecule has 88 valence electrons. The standard InChI is InChI=1S/C13H7BrClN3/c14-9-5-11-13(17-6-9)18-12(7-16-11)8-1-3-10(15)4-2-8/h1-7H. The third-order valence-corrected chi connectivity index (χ3v) is 3.19. The van der Waals surface area contributed by atoms with Crippen LogP contribution in [0.2, 0.25) is 5.02 Å². The van der Waals surface area contributed by atoms with E-state index in [9.17, 15) is 0 Å². The molecule has 18 heavy (non-hydrogen) atoms. The summed E-state index contributed by atoms with van der Waals surface area (Å²) < 4.78 is 0.892. The molecule has 5 heteroatoms. The fourth-order valence-corrected chi connectivity index (χ4v) is 2.08. The minimum atomic E-state index is 0.630. The molecule has 3 nitrogen and oxygen atoms in total. The van der Waals surface area contributed by atoms with Gasteiger partial charge in [-0.25, -0.2) is 9.97 Å². The van der Waals surface area contributed by atoms with E-state index in [0.29, 0.717) is 10.7 Å². The number of aromatic nitrogens is 3. The lowest BCUT2D eigenvalue weighted by atomic mass is 10.2. The molecule has 0 saturated heterocycles. The molecule has 0 bridgehead atoms. The minimum absolute atomic E-state index is 0.630. The summed E-state index contributed by atoms with van der Waals surface area (Å²) >= 11 is 9.22. The SMILES string of the molecule is Clc1ccc(-c2cnc3cc(Br)cnc3n2)cc1. The number of fused-ring (bicyclic) bond motifs is 1. The second-order valence-electron chi connectivity index (χ2n) is 3.76. The van der Waals surface area contributed by atoms with E-state index >= 15 is 0 Å². The quantitative estimate of drug-likeness (QED) is 0.677. The second kappa shape index (κ2) is 4.63. The molecule has 0 aliphatic rings. The van der Waals surface area contributed by atoms with Gasteiger partial charge in [0.1, 0.15) is 5.52 Å². The summed E-state index contributed by atoms with van der Waals surface area (Å²) in [5.41, 5.74) is 3.15. The number of benzene rings is 1. The average molecular weight is 321 g/mol.